The van der Waals surface area contributed by atoms with Gasteiger partial charge in [-0.25, -0.2) is 0 Å². The average molecular weight is 317 g/mol. The molecule has 108 valence electrons. The molecule has 2 aromatic heterocycles. The number of hydrogen-bond donors (Lipinski definition) is 2. The third-order valence-electron chi connectivity index (χ3n) is 3.39. The van der Waals surface area contributed by atoms with Crippen molar-refractivity contribution in [2.45, 2.75) is 12.5 Å². The Morgan fingerprint density at radius 2 is 2.14 bits per heavy atom. The molecule has 1 aromatic carbocycles. The first-order valence-corrected chi connectivity index (χ1v) is 8.34. The van der Waals surface area contributed by atoms with E-state index in [1.54, 1.807) is 6.92 Å². The van der Waals surface area contributed by atoms with Gasteiger partial charge in [0, 0.05) is 4.70 Å². The van der Waals surface area contributed by atoms with Crippen molar-refractivity contribution in [2.24, 2.45) is 0 Å². The first-order valence-electron chi connectivity index (χ1n) is 6.58. The molecule has 0 saturated carbocycles. The van der Waals surface area contributed by atoms with Gasteiger partial charge in [0.05, 0.1) is 11.4 Å². The van der Waals surface area contributed by atoms with E-state index >= 15 is 0 Å². The van der Waals surface area contributed by atoms with Crippen LogP contribution in [-0.2, 0) is 5.60 Å². The van der Waals surface area contributed by atoms with E-state index in [4.69, 9.17) is 0 Å². The smallest absolute Gasteiger partial charge is 0.261 e. The lowest BCUT2D eigenvalue weighted by molar-refractivity contribution is 0.0531. The Morgan fingerprint density at radius 1 is 1.33 bits per heavy atom. The summed E-state index contributed by atoms with van der Waals surface area (Å²) in [6.45, 7) is 1.90. The van der Waals surface area contributed by atoms with Crippen LogP contribution in [0.4, 0.5) is 0 Å². The van der Waals surface area contributed by atoms with Crippen LogP contribution in [0.5, 0.6) is 0 Å². The van der Waals surface area contributed by atoms with Gasteiger partial charge in [-0.2, -0.15) is 11.3 Å². The second-order valence-corrected chi connectivity index (χ2v) is 6.98. The highest BCUT2D eigenvalue weighted by molar-refractivity contribution is 7.20. The Morgan fingerprint density at radius 3 is 2.86 bits per heavy atom. The predicted octanol–water partition coefficient (Wildman–Crippen LogP) is 3.60. The zero-order valence-electron chi connectivity index (χ0n) is 11.5. The molecule has 0 radical (unpaired) electrons. The largest absolute Gasteiger partial charge is 0.384 e. The third kappa shape index (κ3) is 3.00. The summed E-state index contributed by atoms with van der Waals surface area (Å²) < 4.78 is 1.09. The molecule has 3 aromatic rings. The number of nitrogens with one attached hydrogen (secondary N) is 1. The number of aliphatic hydroxyl groups is 1. The average Bonchev–Trinajstić information content (AvgIpc) is 3.13. The molecule has 2 heterocycles. The maximum absolute atomic E-state index is 12.2. The quantitative estimate of drug-likeness (QED) is 0.772. The molecule has 0 aliphatic rings. The maximum Gasteiger partial charge on any atom is 0.261 e. The van der Waals surface area contributed by atoms with Gasteiger partial charge in [-0.1, -0.05) is 18.2 Å². The van der Waals surface area contributed by atoms with E-state index in [-0.39, 0.29) is 12.5 Å². The number of fused-ring (bicyclic) bond motifs is 1. The Labute approximate surface area is 130 Å². The van der Waals surface area contributed by atoms with Crippen LogP contribution in [0.15, 0.2) is 47.2 Å². The van der Waals surface area contributed by atoms with E-state index in [9.17, 15) is 9.90 Å². The number of hydrogen-bond acceptors (Lipinski definition) is 4. The van der Waals surface area contributed by atoms with Gasteiger partial charge in [-0.3, -0.25) is 4.79 Å². The predicted molar refractivity (Wildman–Crippen MR) is 88.0 cm³/mol. The lowest BCUT2D eigenvalue weighted by Crippen LogP contribution is -2.38. The standard InChI is InChI=1S/C16H15NO2S2/c1-16(19,12-6-7-20-9-12)10-17-15(18)14-8-11-4-2-3-5-13(11)21-14/h2-9,19H,10H2,1H3,(H,17,18). The topological polar surface area (TPSA) is 49.3 Å². The third-order valence-corrected chi connectivity index (χ3v) is 5.18. The maximum atomic E-state index is 12.2. The molecule has 21 heavy (non-hydrogen) atoms. The summed E-state index contributed by atoms with van der Waals surface area (Å²) in [5.41, 5.74) is -0.226. The van der Waals surface area contributed by atoms with Crippen LogP contribution in [0.1, 0.15) is 22.2 Å². The molecule has 0 aliphatic heterocycles. The van der Waals surface area contributed by atoms with Gasteiger partial charge in [0.15, 0.2) is 0 Å². The molecule has 0 saturated heterocycles. The molecule has 0 aliphatic carbocycles. The monoisotopic (exact) mass is 317 g/mol. The van der Waals surface area contributed by atoms with Crippen LogP contribution in [-0.4, -0.2) is 17.6 Å². The minimum Gasteiger partial charge on any atom is -0.384 e. The van der Waals surface area contributed by atoms with Crippen molar-refractivity contribution >= 4 is 38.7 Å². The van der Waals surface area contributed by atoms with Crippen molar-refractivity contribution in [3.63, 3.8) is 0 Å². The minimum absolute atomic E-state index is 0.147. The van der Waals surface area contributed by atoms with E-state index in [0.717, 1.165) is 15.6 Å². The van der Waals surface area contributed by atoms with Crippen molar-refractivity contribution in [3.8, 4) is 0 Å². The van der Waals surface area contributed by atoms with Gasteiger partial charge >= 0.3 is 0 Å². The van der Waals surface area contributed by atoms with Crippen LogP contribution in [0.2, 0.25) is 0 Å². The normalized spacial score (nSPS) is 14.0. The summed E-state index contributed by atoms with van der Waals surface area (Å²) in [4.78, 5) is 12.9. The zero-order valence-corrected chi connectivity index (χ0v) is 13.1. The zero-order chi connectivity index (χ0) is 14.9. The lowest BCUT2D eigenvalue weighted by Gasteiger charge is -2.22. The fraction of sp³-hybridized carbons (Fsp3) is 0.188. The van der Waals surface area contributed by atoms with Crippen LogP contribution in [0.3, 0.4) is 0 Å². The Kier molecular flexibility index (Phi) is 3.80. The molecule has 3 nitrogen and oxygen atoms in total. The SMILES string of the molecule is CC(O)(CNC(=O)c1cc2ccccc2s1)c1ccsc1. The highest BCUT2D eigenvalue weighted by Gasteiger charge is 2.24. The summed E-state index contributed by atoms with van der Waals surface area (Å²) in [7, 11) is 0. The highest BCUT2D eigenvalue weighted by atomic mass is 32.1. The fourth-order valence-electron chi connectivity index (χ4n) is 2.11. The molecule has 1 unspecified atom stereocenters. The molecular formula is C16H15NO2S2. The van der Waals surface area contributed by atoms with Crippen molar-refractivity contribution in [2.75, 3.05) is 6.54 Å². The molecule has 0 spiro atoms. The van der Waals surface area contributed by atoms with Crippen LogP contribution in [0, 0.1) is 0 Å². The summed E-state index contributed by atoms with van der Waals surface area (Å²) in [6, 6.07) is 11.7. The van der Waals surface area contributed by atoms with E-state index in [2.05, 4.69) is 5.32 Å². The van der Waals surface area contributed by atoms with E-state index in [0.29, 0.717) is 4.88 Å². The molecule has 1 amide bonds. The Hall–Kier alpha value is -1.69. The fourth-order valence-corrected chi connectivity index (χ4v) is 3.87. The van der Waals surface area contributed by atoms with E-state index in [1.807, 2.05) is 47.2 Å². The Bertz CT molecular complexity index is 727. The van der Waals surface area contributed by atoms with Crippen LogP contribution < -0.4 is 5.32 Å². The number of amides is 1. The minimum atomic E-state index is -1.05. The number of thiophene rings is 2. The molecule has 5 heteroatoms. The van der Waals surface area contributed by atoms with E-state index < -0.39 is 5.60 Å². The van der Waals surface area contributed by atoms with Gasteiger partial charge < -0.3 is 10.4 Å². The van der Waals surface area contributed by atoms with Crippen molar-refractivity contribution in [1.29, 1.82) is 0 Å². The molecule has 3 rings (SSSR count). The van der Waals surface area contributed by atoms with Gasteiger partial charge in [0.25, 0.3) is 5.91 Å². The summed E-state index contributed by atoms with van der Waals surface area (Å²) in [6.07, 6.45) is 0. The number of carbonyl (C=O) groups excluding carboxylic acids is 1. The van der Waals surface area contributed by atoms with Gasteiger partial charge in [-0.05, 0) is 46.8 Å². The number of rotatable bonds is 4. The van der Waals surface area contributed by atoms with Crippen molar-refractivity contribution in [3.05, 3.63) is 57.6 Å². The highest BCUT2D eigenvalue weighted by Crippen LogP contribution is 2.26. The van der Waals surface area contributed by atoms with Gasteiger partial charge in [0.2, 0.25) is 0 Å². The number of carbonyl (C=O) groups is 1. The lowest BCUT2D eigenvalue weighted by atomic mass is 9.99. The molecule has 0 bridgehead atoms. The molecule has 1 atom stereocenters. The molecular weight excluding hydrogens is 302 g/mol. The second-order valence-electron chi connectivity index (χ2n) is 5.12. The summed E-state index contributed by atoms with van der Waals surface area (Å²) in [5.74, 6) is -0.147. The van der Waals surface area contributed by atoms with Gasteiger partial charge in [-0.15, -0.1) is 11.3 Å². The van der Waals surface area contributed by atoms with Crippen LogP contribution in [0.25, 0.3) is 10.1 Å². The first kappa shape index (κ1) is 14.3. The van der Waals surface area contributed by atoms with E-state index in [1.165, 1.54) is 22.7 Å². The summed E-state index contributed by atoms with van der Waals surface area (Å²) >= 11 is 2.99. The van der Waals surface area contributed by atoms with Crippen molar-refractivity contribution < 1.29 is 9.90 Å². The van der Waals surface area contributed by atoms with Crippen molar-refractivity contribution in [1.82, 2.24) is 5.32 Å². The second kappa shape index (κ2) is 5.60. The Balaban J connectivity index is 1.72. The van der Waals surface area contributed by atoms with Gasteiger partial charge in [0.1, 0.15) is 5.60 Å². The molecule has 2 N–H and O–H groups in total. The molecule has 0 fully saturated rings. The summed E-state index contributed by atoms with van der Waals surface area (Å²) in [5, 5.41) is 18.1. The van der Waals surface area contributed by atoms with Crippen LogP contribution >= 0.6 is 22.7 Å². The number of benzene rings is 1. The first-order chi connectivity index (χ1) is 10.1.